The maximum atomic E-state index is 6.03. The highest BCUT2D eigenvalue weighted by atomic mass is 16.8. The van der Waals surface area contributed by atoms with E-state index in [2.05, 4.69) is 6.58 Å². The minimum Gasteiger partial charge on any atom is -0.499 e. The highest BCUT2D eigenvalue weighted by Gasteiger charge is 2.58. The molecule has 3 aliphatic heterocycles. The van der Waals surface area contributed by atoms with Gasteiger partial charge in [0.25, 0.3) is 0 Å². The van der Waals surface area contributed by atoms with Gasteiger partial charge in [-0.05, 0) is 27.7 Å². The van der Waals surface area contributed by atoms with Crippen LogP contribution in [0.4, 0.5) is 0 Å². The van der Waals surface area contributed by atoms with Crippen molar-refractivity contribution in [2.45, 2.75) is 70.0 Å². The lowest BCUT2D eigenvalue weighted by atomic mass is 10.1. The highest BCUT2D eigenvalue weighted by Crippen LogP contribution is 2.41. The van der Waals surface area contributed by atoms with Gasteiger partial charge in [0, 0.05) is 0 Å². The van der Waals surface area contributed by atoms with Crippen LogP contribution in [0.3, 0.4) is 0 Å². The van der Waals surface area contributed by atoms with E-state index < -0.39 is 17.9 Å². The van der Waals surface area contributed by atoms with Crippen LogP contribution in [0.5, 0.6) is 0 Å². The molecule has 0 aromatic carbocycles. The summed E-state index contributed by atoms with van der Waals surface area (Å²) in [4.78, 5) is 0. The molecular weight excluding hydrogens is 304 g/mol. The van der Waals surface area contributed by atoms with E-state index >= 15 is 0 Å². The SMILES string of the molecule is C=COCCOC1C(C2COC(C)(C)O2)OC2OC(C)(C)OC21. The van der Waals surface area contributed by atoms with Crippen molar-refractivity contribution in [2.24, 2.45) is 0 Å². The molecule has 0 N–H and O–H groups in total. The van der Waals surface area contributed by atoms with Crippen LogP contribution in [0.15, 0.2) is 12.8 Å². The van der Waals surface area contributed by atoms with Crippen molar-refractivity contribution in [3.63, 3.8) is 0 Å². The normalized spacial score (nSPS) is 41.0. The van der Waals surface area contributed by atoms with Gasteiger partial charge in [-0.1, -0.05) is 6.58 Å². The van der Waals surface area contributed by atoms with E-state index in [0.29, 0.717) is 19.8 Å². The van der Waals surface area contributed by atoms with Crippen molar-refractivity contribution >= 4 is 0 Å². The van der Waals surface area contributed by atoms with E-state index in [1.54, 1.807) is 0 Å². The second-order valence-electron chi connectivity index (χ2n) is 6.81. The molecule has 5 unspecified atom stereocenters. The molecule has 7 nitrogen and oxygen atoms in total. The van der Waals surface area contributed by atoms with E-state index in [9.17, 15) is 0 Å². The molecule has 7 heteroatoms. The van der Waals surface area contributed by atoms with E-state index in [4.69, 9.17) is 33.2 Å². The molecular formula is C16H26O7. The fourth-order valence-electron chi connectivity index (χ4n) is 3.19. The number of hydrogen-bond acceptors (Lipinski definition) is 7. The quantitative estimate of drug-likeness (QED) is 0.541. The Bertz CT molecular complexity index is 436. The monoisotopic (exact) mass is 330 g/mol. The van der Waals surface area contributed by atoms with Gasteiger partial charge in [-0.2, -0.15) is 0 Å². The molecule has 0 aromatic rings. The van der Waals surface area contributed by atoms with Crippen molar-refractivity contribution in [3.05, 3.63) is 12.8 Å². The largest absolute Gasteiger partial charge is 0.499 e. The van der Waals surface area contributed by atoms with E-state index in [1.165, 1.54) is 6.26 Å². The lowest BCUT2D eigenvalue weighted by molar-refractivity contribution is -0.236. The van der Waals surface area contributed by atoms with E-state index in [1.807, 2.05) is 27.7 Å². The van der Waals surface area contributed by atoms with E-state index in [0.717, 1.165) is 0 Å². The third-order valence-corrected chi connectivity index (χ3v) is 4.05. The van der Waals surface area contributed by atoms with Crippen LogP contribution in [0.1, 0.15) is 27.7 Å². The molecule has 3 heterocycles. The predicted molar refractivity (Wildman–Crippen MR) is 79.5 cm³/mol. The molecule has 0 spiro atoms. The van der Waals surface area contributed by atoms with Crippen LogP contribution in [0, 0.1) is 0 Å². The van der Waals surface area contributed by atoms with Crippen LogP contribution < -0.4 is 0 Å². The summed E-state index contributed by atoms with van der Waals surface area (Å²) in [5.74, 6) is -1.31. The smallest absolute Gasteiger partial charge is 0.190 e. The molecule has 0 aliphatic carbocycles. The van der Waals surface area contributed by atoms with Crippen molar-refractivity contribution in [1.29, 1.82) is 0 Å². The van der Waals surface area contributed by atoms with Crippen molar-refractivity contribution in [1.82, 2.24) is 0 Å². The summed E-state index contributed by atoms with van der Waals surface area (Å²) in [5.41, 5.74) is 0. The second-order valence-corrected chi connectivity index (χ2v) is 6.81. The average molecular weight is 330 g/mol. The van der Waals surface area contributed by atoms with Crippen molar-refractivity contribution < 1.29 is 33.2 Å². The molecule has 5 atom stereocenters. The molecule has 0 radical (unpaired) electrons. The Balaban J connectivity index is 1.67. The molecule has 23 heavy (non-hydrogen) atoms. The molecule has 0 aromatic heterocycles. The molecule has 0 amide bonds. The Kier molecular flexibility index (Phi) is 4.70. The zero-order chi connectivity index (χ0) is 16.7. The third-order valence-electron chi connectivity index (χ3n) is 4.05. The first kappa shape index (κ1) is 17.1. The van der Waals surface area contributed by atoms with Crippen LogP contribution in [0.25, 0.3) is 0 Å². The summed E-state index contributed by atoms with van der Waals surface area (Å²) in [7, 11) is 0. The van der Waals surface area contributed by atoms with Crippen LogP contribution in [0.2, 0.25) is 0 Å². The Morgan fingerprint density at radius 1 is 1.04 bits per heavy atom. The van der Waals surface area contributed by atoms with E-state index in [-0.39, 0.29) is 24.4 Å². The first-order valence-corrected chi connectivity index (χ1v) is 7.98. The molecule has 0 bridgehead atoms. The Hall–Kier alpha value is -0.700. The maximum absolute atomic E-state index is 6.03. The predicted octanol–water partition coefficient (Wildman–Crippen LogP) is 1.56. The van der Waals surface area contributed by atoms with Gasteiger partial charge in [-0.15, -0.1) is 0 Å². The van der Waals surface area contributed by atoms with Gasteiger partial charge in [-0.3, -0.25) is 0 Å². The van der Waals surface area contributed by atoms with Crippen LogP contribution >= 0.6 is 0 Å². The minimum atomic E-state index is -0.689. The van der Waals surface area contributed by atoms with Gasteiger partial charge >= 0.3 is 0 Å². The number of fused-ring (bicyclic) bond motifs is 1. The molecule has 132 valence electrons. The zero-order valence-electron chi connectivity index (χ0n) is 14.2. The summed E-state index contributed by atoms with van der Waals surface area (Å²) in [6, 6.07) is 0. The molecule has 3 rings (SSSR count). The lowest BCUT2D eigenvalue weighted by Crippen LogP contribution is -2.44. The number of rotatable bonds is 6. The average Bonchev–Trinajstić information content (AvgIpc) is 3.05. The molecule has 3 fully saturated rings. The summed E-state index contributed by atoms with van der Waals surface area (Å²) in [6.07, 6.45) is -0.219. The maximum Gasteiger partial charge on any atom is 0.190 e. The van der Waals surface area contributed by atoms with Gasteiger partial charge in [0.2, 0.25) is 0 Å². The third kappa shape index (κ3) is 3.70. The molecule has 0 saturated carbocycles. The first-order valence-electron chi connectivity index (χ1n) is 7.98. The van der Waals surface area contributed by atoms with Crippen LogP contribution in [-0.2, 0) is 33.2 Å². The summed E-state index contributed by atoms with van der Waals surface area (Å²) in [6.45, 7) is 12.3. The Morgan fingerprint density at radius 2 is 1.83 bits per heavy atom. The fourth-order valence-corrected chi connectivity index (χ4v) is 3.19. The van der Waals surface area contributed by atoms with Gasteiger partial charge in [0.1, 0.15) is 31.0 Å². The highest BCUT2D eigenvalue weighted by molar-refractivity contribution is 4.98. The zero-order valence-corrected chi connectivity index (χ0v) is 14.2. The number of hydrogen-bond donors (Lipinski definition) is 0. The van der Waals surface area contributed by atoms with Gasteiger partial charge < -0.3 is 33.2 Å². The molecule has 3 aliphatic rings. The summed E-state index contributed by atoms with van der Waals surface area (Å²) >= 11 is 0. The fraction of sp³-hybridized carbons (Fsp3) is 0.875. The van der Waals surface area contributed by atoms with Gasteiger partial charge in [0.05, 0.1) is 19.5 Å². The first-order chi connectivity index (χ1) is 10.8. The molecule has 3 saturated heterocycles. The lowest BCUT2D eigenvalue weighted by Gasteiger charge is -2.29. The minimum absolute atomic E-state index is 0.226. The van der Waals surface area contributed by atoms with Gasteiger partial charge in [-0.25, -0.2) is 0 Å². The number of ether oxygens (including phenoxy) is 7. The topological polar surface area (TPSA) is 64.6 Å². The Morgan fingerprint density at radius 3 is 2.48 bits per heavy atom. The van der Waals surface area contributed by atoms with Gasteiger partial charge in [0.15, 0.2) is 17.9 Å². The summed E-state index contributed by atoms with van der Waals surface area (Å²) < 4.78 is 40.4. The van der Waals surface area contributed by atoms with Crippen molar-refractivity contribution in [3.8, 4) is 0 Å². The van der Waals surface area contributed by atoms with Crippen LogP contribution in [-0.4, -0.2) is 62.1 Å². The summed E-state index contributed by atoms with van der Waals surface area (Å²) in [5, 5.41) is 0. The second kappa shape index (κ2) is 6.31. The standard InChI is InChI=1S/C16H26O7/c1-6-17-7-8-18-12-11(10-9-19-15(2,3)21-10)20-14-13(12)22-16(4,5)23-14/h6,10-14H,1,7-9H2,2-5H3. The van der Waals surface area contributed by atoms with Crippen molar-refractivity contribution in [2.75, 3.05) is 19.8 Å². The Labute approximate surface area is 136 Å².